The largest absolute Gasteiger partial charge is 0.381 e. The molecule has 1 aromatic rings. The Labute approximate surface area is 154 Å². The molecule has 0 spiro atoms. The molecule has 5 nitrogen and oxygen atoms in total. The molecule has 4 aliphatic heterocycles. The second-order valence-electron chi connectivity index (χ2n) is 7.41. The number of nitrogens with zero attached hydrogens (tertiary/aromatic N) is 3. The van der Waals surface area contributed by atoms with E-state index in [1.807, 2.05) is 12.1 Å². The fourth-order valence-electron chi connectivity index (χ4n) is 4.43. The Morgan fingerprint density at radius 3 is 2.68 bits per heavy atom. The third kappa shape index (κ3) is 4.18. The van der Waals surface area contributed by atoms with Crippen LogP contribution in [0.5, 0.6) is 0 Å². The van der Waals surface area contributed by atoms with Gasteiger partial charge in [-0.15, -0.1) is 11.8 Å². The predicted octanol–water partition coefficient (Wildman–Crippen LogP) is 2.28. The van der Waals surface area contributed by atoms with Crippen LogP contribution in [0.25, 0.3) is 0 Å². The van der Waals surface area contributed by atoms with Crippen LogP contribution in [0.3, 0.4) is 0 Å². The number of thioether (sulfide) groups is 1. The first-order valence-electron chi connectivity index (χ1n) is 9.43. The van der Waals surface area contributed by atoms with E-state index in [1.165, 1.54) is 6.42 Å². The van der Waals surface area contributed by atoms with E-state index in [0.29, 0.717) is 29.7 Å². The maximum atomic E-state index is 12.8. The average molecular weight is 362 g/mol. The molecular formula is C19H27N3O2S. The summed E-state index contributed by atoms with van der Waals surface area (Å²) in [6.45, 7) is 4.93. The summed E-state index contributed by atoms with van der Waals surface area (Å²) in [7, 11) is 0. The molecule has 5 rings (SSSR count). The zero-order valence-electron chi connectivity index (χ0n) is 14.7. The molecule has 6 heteroatoms. The third-order valence-electron chi connectivity index (χ3n) is 5.78. The Hall–Kier alpha value is -1.11. The van der Waals surface area contributed by atoms with Gasteiger partial charge in [0.15, 0.2) is 0 Å². The number of hydrogen-bond acceptors (Lipinski definition) is 5. The van der Waals surface area contributed by atoms with Gasteiger partial charge in [-0.25, -0.2) is 0 Å². The molecule has 5 heterocycles. The van der Waals surface area contributed by atoms with Crippen molar-refractivity contribution in [1.82, 2.24) is 14.8 Å². The van der Waals surface area contributed by atoms with Crippen LogP contribution in [-0.2, 0) is 9.53 Å². The smallest absolute Gasteiger partial charge is 0.233 e. The zero-order valence-corrected chi connectivity index (χ0v) is 15.5. The highest BCUT2D eigenvalue weighted by molar-refractivity contribution is 8.00. The second kappa shape index (κ2) is 8.06. The molecule has 4 fully saturated rings. The zero-order chi connectivity index (χ0) is 17.1. The van der Waals surface area contributed by atoms with Gasteiger partial charge >= 0.3 is 0 Å². The van der Waals surface area contributed by atoms with Gasteiger partial charge in [-0.05, 0) is 43.7 Å². The number of hydrogen-bond donors (Lipinski definition) is 0. The number of ether oxygens (including phenoxy) is 1. The van der Waals surface area contributed by atoms with Crippen molar-refractivity contribution in [3.8, 4) is 0 Å². The Kier molecular flexibility index (Phi) is 5.58. The quantitative estimate of drug-likeness (QED) is 0.770. The van der Waals surface area contributed by atoms with E-state index in [9.17, 15) is 4.79 Å². The van der Waals surface area contributed by atoms with Crippen molar-refractivity contribution in [3.05, 3.63) is 24.5 Å². The maximum Gasteiger partial charge on any atom is 0.233 e. The molecule has 2 atom stereocenters. The Bertz CT molecular complexity index is 579. The van der Waals surface area contributed by atoms with Crippen molar-refractivity contribution in [2.45, 2.75) is 42.7 Å². The first kappa shape index (κ1) is 17.3. The van der Waals surface area contributed by atoms with Gasteiger partial charge in [0.05, 0.1) is 5.75 Å². The highest BCUT2D eigenvalue weighted by Crippen LogP contribution is 2.31. The average Bonchev–Trinajstić information content (AvgIpc) is 3.00. The van der Waals surface area contributed by atoms with Gasteiger partial charge in [-0.1, -0.05) is 0 Å². The molecule has 4 aliphatic rings. The molecule has 136 valence electrons. The minimum Gasteiger partial charge on any atom is -0.381 e. The molecule has 0 saturated carbocycles. The SMILES string of the molecule is O=C(CSc1ccncc1)N1C[C@H]2CC[C@@H]1CN(C1CCOCC1)C2. The summed E-state index contributed by atoms with van der Waals surface area (Å²) in [6.07, 6.45) is 8.29. The Morgan fingerprint density at radius 1 is 1.08 bits per heavy atom. The molecule has 0 N–H and O–H groups in total. The van der Waals surface area contributed by atoms with Crippen molar-refractivity contribution >= 4 is 17.7 Å². The molecule has 1 amide bonds. The number of fused-ring (bicyclic) bond motifs is 4. The van der Waals surface area contributed by atoms with Gasteiger partial charge in [0.25, 0.3) is 0 Å². The van der Waals surface area contributed by atoms with Gasteiger partial charge in [-0.2, -0.15) is 0 Å². The highest BCUT2D eigenvalue weighted by atomic mass is 32.2. The van der Waals surface area contributed by atoms with Crippen molar-refractivity contribution in [3.63, 3.8) is 0 Å². The summed E-state index contributed by atoms with van der Waals surface area (Å²) in [6, 6.07) is 4.99. The highest BCUT2D eigenvalue weighted by Gasteiger charge is 2.39. The molecule has 4 saturated heterocycles. The molecule has 0 aromatic carbocycles. The van der Waals surface area contributed by atoms with E-state index in [4.69, 9.17) is 4.74 Å². The van der Waals surface area contributed by atoms with Crippen LogP contribution in [0.1, 0.15) is 25.7 Å². The van der Waals surface area contributed by atoms with Gasteiger partial charge in [-0.3, -0.25) is 14.7 Å². The molecule has 25 heavy (non-hydrogen) atoms. The lowest BCUT2D eigenvalue weighted by atomic mass is 9.95. The van der Waals surface area contributed by atoms with E-state index < -0.39 is 0 Å². The van der Waals surface area contributed by atoms with Crippen molar-refractivity contribution in [1.29, 1.82) is 0 Å². The fourth-order valence-corrected chi connectivity index (χ4v) is 5.20. The van der Waals surface area contributed by atoms with Crippen LogP contribution in [-0.4, -0.2) is 71.4 Å². The number of rotatable bonds is 4. The topological polar surface area (TPSA) is 45.7 Å². The predicted molar refractivity (Wildman–Crippen MR) is 98.6 cm³/mol. The summed E-state index contributed by atoms with van der Waals surface area (Å²) in [5, 5.41) is 0. The number of aromatic nitrogens is 1. The number of piperidine rings is 1. The number of amides is 1. The molecule has 0 unspecified atom stereocenters. The van der Waals surface area contributed by atoms with Crippen LogP contribution in [0.2, 0.25) is 0 Å². The van der Waals surface area contributed by atoms with Crippen LogP contribution < -0.4 is 0 Å². The van der Waals surface area contributed by atoms with E-state index in [1.54, 1.807) is 24.2 Å². The van der Waals surface area contributed by atoms with Crippen molar-refractivity contribution in [2.24, 2.45) is 5.92 Å². The van der Waals surface area contributed by atoms with Gasteiger partial charge in [0.2, 0.25) is 5.91 Å². The van der Waals surface area contributed by atoms with Gasteiger partial charge in [0, 0.05) is 62.2 Å². The van der Waals surface area contributed by atoms with Crippen molar-refractivity contribution < 1.29 is 9.53 Å². The summed E-state index contributed by atoms with van der Waals surface area (Å²) in [5.74, 6) is 1.46. The van der Waals surface area contributed by atoms with Crippen LogP contribution >= 0.6 is 11.8 Å². The lowest BCUT2D eigenvalue weighted by Crippen LogP contribution is -2.49. The normalized spacial score (nSPS) is 28.1. The Morgan fingerprint density at radius 2 is 1.88 bits per heavy atom. The molecule has 0 radical (unpaired) electrons. The number of carbonyl (C=O) groups is 1. The molecular weight excluding hydrogens is 334 g/mol. The standard InChI is InChI=1S/C19H27N3O2S/c23-19(14-25-18-3-7-20-8-4-18)22-12-15-1-2-17(22)13-21(11-15)16-5-9-24-10-6-16/h3-4,7-8,15-17H,1-2,5-6,9-14H2/t15-,17+/m0/s1. The summed E-state index contributed by atoms with van der Waals surface area (Å²) >= 11 is 1.62. The maximum absolute atomic E-state index is 12.8. The summed E-state index contributed by atoms with van der Waals surface area (Å²) < 4.78 is 5.53. The lowest BCUT2D eigenvalue weighted by Gasteiger charge is -2.37. The van der Waals surface area contributed by atoms with Gasteiger partial charge in [0.1, 0.15) is 0 Å². The minimum absolute atomic E-state index is 0.297. The second-order valence-corrected chi connectivity index (χ2v) is 8.46. The number of carbonyl (C=O) groups excluding carboxylic acids is 1. The first-order chi connectivity index (χ1) is 12.3. The minimum atomic E-state index is 0.297. The first-order valence-corrected chi connectivity index (χ1v) is 10.4. The van der Waals surface area contributed by atoms with Gasteiger partial charge < -0.3 is 9.64 Å². The third-order valence-corrected chi connectivity index (χ3v) is 6.78. The molecule has 0 aliphatic carbocycles. The molecule has 2 bridgehead atoms. The lowest BCUT2D eigenvalue weighted by molar-refractivity contribution is -0.132. The van der Waals surface area contributed by atoms with E-state index in [2.05, 4.69) is 14.8 Å². The van der Waals surface area contributed by atoms with E-state index in [0.717, 1.165) is 57.0 Å². The monoisotopic (exact) mass is 361 g/mol. The number of pyridine rings is 1. The van der Waals surface area contributed by atoms with Crippen LogP contribution in [0, 0.1) is 5.92 Å². The molecule has 1 aromatic heterocycles. The fraction of sp³-hybridized carbons (Fsp3) is 0.684. The summed E-state index contributed by atoms with van der Waals surface area (Å²) in [4.78, 5) is 22.8. The Balaban J connectivity index is 1.37. The van der Waals surface area contributed by atoms with E-state index in [-0.39, 0.29) is 0 Å². The van der Waals surface area contributed by atoms with E-state index >= 15 is 0 Å². The summed E-state index contributed by atoms with van der Waals surface area (Å²) in [5.41, 5.74) is 0. The van der Waals surface area contributed by atoms with Crippen molar-refractivity contribution in [2.75, 3.05) is 38.6 Å². The van der Waals surface area contributed by atoms with Crippen LogP contribution in [0.4, 0.5) is 0 Å². The van der Waals surface area contributed by atoms with Crippen LogP contribution in [0.15, 0.2) is 29.4 Å².